The quantitative estimate of drug-likeness (QED) is 0.667. The van der Waals surface area contributed by atoms with Gasteiger partial charge in [-0.25, -0.2) is 9.78 Å². The topological polar surface area (TPSA) is 77.9 Å². The number of aromatic nitrogens is 1. The number of pyridine rings is 1. The third-order valence-electron chi connectivity index (χ3n) is 3.28. The van der Waals surface area contributed by atoms with Crippen molar-refractivity contribution in [3.63, 3.8) is 0 Å². The minimum atomic E-state index is -0.982. The predicted molar refractivity (Wildman–Crippen MR) is 93.0 cm³/mol. The molecule has 1 atom stereocenters. The van der Waals surface area contributed by atoms with E-state index >= 15 is 0 Å². The van der Waals surface area contributed by atoms with Crippen molar-refractivity contribution in [1.29, 1.82) is 0 Å². The van der Waals surface area contributed by atoms with E-state index in [4.69, 9.17) is 14.2 Å². The monoisotopic (exact) mass is 345 g/mol. The molecule has 2 aromatic rings. The number of benzene rings is 1. The third-order valence-corrected chi connectivity index (χ3v) is 3.28. The SMILES string of the molecule is CC(C)OC(Cc1ccnc(OCCOc2ccccc2)c1)C(=O)O. The molecule has 1 unspecified atom stereocenters. The molecular formula is C19H23NO5. The number of rotatable bonds is 10. The third kappa shape index (κ3) is 6.81. The molecule has 1 N–H and O–H groups in total. The first kappa shape index (κ1) is 18.7. The van der Waals surface area contributed by atoms with Crippen LogP contribution in [0, 0.1) is 0 Å². The van der Waals surface area contributed by atoms with Crippen LogP contribution in [0.15, 0.2) is 48.7 Å². The van der Waals surface area contributed by atoms with E-state index in [0.29, 0.717) is 19.1 Å². The summed E-state index contributed by atoms with van der Waals surface area (Å²) in [4.78, 5) is 15.4. The van der Waals surface area contributed by atoms with Crippen LogP contribution in [-0.4, -0.2) is 41.5 Å². The Labute approximate surface area is 147 Å². The number of para-hydroxylation sites is 1. The van der Waals surface area contributed by atoms with Crippen LogP contribution in [0.25, 0.3) is 0 Å². The molecule has 0 saturated carbocycles. The van der Waals surface area contributed by atoms with Gasteiger partial charge in [-0.1, -0.05) is 18.2 Å². The van der Waals surface area contributed by atoms with E-state index in [0.717, 1.165) is 11.3 Å². The summed E-state index contributed by atoms with van der Waals surface area (Å²) in [5, 5.41) is 9.25. The van der Waals surface area contributed by atoms with E-state index in [1.54, 1.807) is 18.3 Å². The molecule has 0 aliphatic carbocycles. The van der Waals surface area contributed by atoms with Gasteiger partial charge in [0.05, 0.1) is 6.10 Å². The average molecular weight is 345 g/mol. The molecule has 0 spiro atoms. The summed E-state index contributed by atoms with van der Waals surface area (Å²) in [6.07, 6.45) is 0.801. The Morgan fingerprint density at radius 3 is 2.52 bits per heavy atom. The van der Waals surface area contributed by atoms with Gasteiger partial charge in [-0.2, -0.15) is 0 Å². The Balaban J connectivity index is 1.84. The van der Waals surface area contributed by atoms with E-state index in [9.17, 15) is 9.90 Å². The lowest BCUT2D eigenvalue weighted by molar-refractivity contribution is -0.153. The standard InChI is InChI=1S/C19H23NO5/c1-14(2)25-17(19(21)22)12-15-8-9-20-18(13-15)24-11-10-23-16-6-4-3-5-7-16/h3-9,13-14,17H,10-12H2,1-2H3,(H,21,22). The summed E-state index contributed by atoms with van der Waals surface area (Å²) in [6.45, 7) is 4.36. The summed E-state index contributed by atoms with van der Waals surface area (Å²) < 4.78 is 16.5. The summed E-state index contributed by atoms with van der Waals surface area (Å²) in [5.41, 5.74) is 0.794. The van der Waals surface area contributed by atoms with Crippen molar-refractivity contribution in [3.05, 3.63) is 54.2 Å². The Morgan fingerprint density at radius 2 is 1.84 bits per heavy atom. The molecule has 0 saturated heterocycles. The van der Waals surface area contributed by atoms with Crippen LogP contribution >= 0.6 is 0 Å². The number of carboxylic acid groups (broad SMARTS) is 1. The highest BCUT2D eigenvalue weighted by atomic mass is 16.5. The van der Waals surface area contributed by atoms with Crippen molar-refractivity contribution in [2.24, 2.45) is 0 Å². The molecule has 1 aromatic carbocycles. The molecule has 1 aromatic heterocycles. The van der Waals surface area contributed by atoms with Crippen molar-refractivity contribution in [3.8, 4) is 11.6 Å². The van der Waals surface area contributed by atoms with Gasteiger partial charge < -0.3 is 19.3 Å². The van der Waals surface area contributed by atoms with E-state index in [2.05, 4.69) is 4.98 Å². The largest absolute Gasteiger partial charge is 0.490 e. The van der Waals surface area contributed by atoms with Crippen LogP contribution in [0.2, 0.25) is 0 Å². The van der Waals surface area contributed by atoms with Crippen LogP contribution in [-0.2, 0) is 16.0 Å². The summed E-state index contributed by atoms with van der Waals surface area (Å²) in [6, 6.07) is 13.0. The Hall–Kier alpha value is -2.60. The lowest BCUT2D eigenvalue weighted by atomic mass is 10.1. The summed E-state index contributed by atoms with van der Waals surface area (Å²) >= 11 is 0. The number of hydrogen-bond acceptors (Lipinski definition) is 5. The zero-order chi connectivity index (χ0) is 18.1. The van der Waals surface area contributed by atoms with Crippen molar-refractivity contribution < 1.29 is 24.1 Å². The second-order valence-electron chi connectivity index (χ2n) is 5.73. The van der Waals surface area contributed by atoms with E-state index < -0.39 is 12.1 Å². The minimum Gasteiger partial charge on any atom is -0.490 e. The lowest BCUT2D eigenvalue weighted by Gasteiger charge is -2.16. The van der Waals surface area contributed by atoms with Gasteiger partial charge in [-0.3, -0.25) is 0 Å². The first-order valence-corrected chi connectivity index (χ1v) is 8.18. The average Bonchev–Trinajstić information content (AvgIpc) is 2.59. The highest BCUT2D eigenvalue weighted by Crippen LogP contribution is 2.14. The predicted octanol–water partition coefficient (Wildman–Crippen LogP) is 2.96. The molecule has 1 heterocycles. The molecule has 0 aliphatic rings. The van der Waals surface area contributed by atoms with Crippen LogP contribution in [0.1, 0.15) is 19.4 Å². The highest BCUT2D eigenvalue weighted by molar-refractivity contribution is 5.72. The molecule has 6 heteroatoms. The molecule has 134 valence electrons. The smallest absolute Gasteiger partial charge is 0.333 e. The molecule has 0 amide bonds. The number of aliphatic carboxylic acids is 1. The van der Waals surface area contributed by atoms with Gasteiger partial charge in [0.25, 0.3) is 0 Å². The van der Waals surface area contributed by atoms with E-state index in [1.165, 1.54) is 0 Å². The zero-order valence-electron chi connectivity index (χ0n) is 14.4. The number of nitrogens with zero attached hydrogens (tertiary/aromatic N) is 1. The number of carboxylic acids is 1. The molecule has 0 bridgehead atoms. The molecule has 2 rings (SSSR count). The second-order valence-corrected chi connectivity index (χ2v) is 5.73. The minimum absolute atomic E-state index is 0.159. The maximum atomic E-state index is 11.3. The van der Waals surface area contributed by atoms with Crippen molar-refractivity contribution in [2.45, 2.75) is 32.5 Å². The highest BCUT2D eigenvalue weighted by Gasteiger charge is 2.20. The number of ether oxygens (including phenoxy) is 3. The van der Waals surface area contributed by atoms with Crippen LogP contribution < -0.4 is 9.47 Å². The fourth-order valence-electron chi connectivity index (χ4n) is 2.22. The van der Waals surface area contributed by atoms with Gasteiger partial charge in [0.1, 0.15) is 19.0 Å². The Bertz CT molecular complexity index is 660. The molecule has 6 nitrogen and oxygen atoms in total. The van der Waals surface area contributed by atoms with Gasteiger partial charge in [-0.15, -0.1) is 0 Å². The number of carbonyl (C=O) groups is 1. The lowest BCUT2D eigenvalue weighted by Crippen LogP contribution is -2.29. The second kappa shape index (κ2) is 9.64. The zero-order valence-corrected chi connectivity index (χ0v) is 14.4. The fraction of sp³-hybridized carbons (Fsp3) is 0.368. The van der Waals surface area contributed by atoms with Crippen molar-refractivity contribution >= 4 is 5.97 Å². The first-order valence-electron chi connectivity index (χ1n) is 8.18. The van der Waals surface area contributed by atoms with Crippen LogP contribution in [0.3, 0.4) is 0 Å². The van der Waals surface area contributed by atoms with Crippen LogP contribution in [0.5, 0.6) is 11.6 Å². The van der Waals surface area contributed by atoms with Gasteiger partial charge in [0, 0.05) is 18.7 Å². The summed E-state index contributed by atoms with van der Waals surface area (Å²) in [7, 11) is 0. The molecular weight excluding hydrogens is 322 g/mol. The Morgan fingerprint density at radius 1 is 1.12 bits per heavy atom. The van der Waals surface area contributed by atoms with Crippen molar-refractivity contribution in [2.75, 3.05) is 13.2 Å². The van der Waals surface area contributed by atoms with E-state index in [1.807, 2.05) is 44.2 Å². The maximum absolute atomic E-state index is 11.3. The molecule has 0 aliphatic heterocycles. The summed E-state index contributed by atoms with van der Waals surface area (Å²) in [5.74, 6) is 0.232. The fourth-order valence-corrected chi connectivity index (χ4v) is 2.22. The van der Waals surface area contributed by atoms with Crippen LogP contribution in [0.4, 0.5) is 0 Å². The van der Waals surface area contributed by atoms with Gasteiger partial charge in [0.2, 0.25) is 5.88 Å². The normalized spacial score (nSPS) is 12.0. The van der Waals surface area contributed by atoms with Gasteiger partial charge in [-0.05, 0) is 37.6 Å². The molecule has 0 fully saturated rings. The van der Waals surface area contributed by atoms with Crippen molar-refractivity contribution in [1.82, 2.24) is 4.98 Å². The Kier molecular flexibility index (Phi) is 7.22. The molecule has 25 heavy (non-hydrogen) atoms. The van der Waals surface area contributed by atoms with Gasteiger partial charge >= 0.3 is 5.97 Å². The van der Waals surface area contributed by atoms with Gasteiger partial charge in [0.15, 0.2) is 6.10 Å². The first-order chi connectivity index (χ1) is 12.0. The molecule has 0 radical (unpaired) electrons. The maximum Gasteiger partial charge on any atom is 0.333 e. The van der Waals surface area contributed by atoms with E-state index in [-0.39, 0.29) is 12.5 Å². The number of hydrogen-bond donors (Lipinski definition) is 1.